The van der Waals surface area contributed by atoms with Crippen LogP contribution in [0.2, 0.25) is 18.1 Å². The van der Waals surface area contributed by atoms with Crippen LogP contribution in [0.15, 0.2) is 30.3 Å². The van der Waals surface area contributed by atoms with Crippen LogP contribution in [-0.4, -0.2) is 61.4 Å². The zero-order valence-corrected chi connectivity index (χ0v) is 17.4. The Morgan fingerprint density at radius 1 is 1.19 bits per heavy atom. The number of aliphatic hydroxyl groups is 2. The molecule has 0 aromatic heterocycles. The van der Waals surface area contributed by atoms with Crippen LogP contribution in [-0.2, 0) is 14.0 Å². The summed E-state index contributed by atoms with van der Waals surface area (Å²) < 4.78 is 11.6. The highest BCUT2D eigenvalue weighted by molar-refractivity contribution is 6.74. The number of esters is 1. The summed E-state index contributed by atoms with van der Waals surface area (Å²) in [4.78, 5) is 24.3. The molecule has 1 aliphatic rings. The van der Waals surface area contributed by atoms with E-state index in [-0.39, 0.29) is 11.6 Å². The number of hydrogen-bond donors (Lipinski definition) is 3. The lowest BCUT2D eigenvalue weighted by Gasteiger charge is -2.41. The molecule has 0 spiro atoms. The average molecular weight is 396 g/mol. The van der Waals surface area contributed by atoms with Gasteiger partial charge in [-0.2, -0.15) is 0 Å². The van der Waals surface area contributed by atoms with Gasteiger partial charge in [0.05, 0.1) is 18.2 Å². The number of rotatable bonds is 5. The summed E-state index contributed by atoms with van der Waals surface area (Å²) in [5.74, 6) is -1.35. The van der Waals surface area contributed by atoms with Crippen molar-refractivity contribution in [3.63, 3.8) is 0 Å². The lowest BCUT2D eigenvalue weighted by atomic mass is 9.95. The summed E-state index contributed by atoms with van der Waals surface area (Å²) in [5, 5.41) is 22.8. The van der Waals surface area contributed by atoms with Crippen molar-refractivity contribution >= 4 is 20.2 Å². The van der Waals surface area contributed by atoms with Crippen LogP contribution >= 0.6 is 0 Å². The molecule has 0 aliphatic carbocycles. The minimum Gasteiger partial charge on any atom is -0.454 e. The molecule has 4 atom stereocenters. The molecule has 27 heavy (non-hydrogen) atoms. The van der Waals surface area contributed by atoms with Crippen molar-refractivity contribution in [3.05, 3.63) is 35.9 Å². The molecule has 0 radical (unpaired) electrons. The quantitative estimate of drug-likeness (QED) is 0.515. The molecule has 1 heterocycles. The zero-order valence-electron chi connectivity index (χ0n) is 16.4. The first-order chi connectivity index (χ1) is 12.4. The molecule has 3 N–H and O–H groups in total. The Morgan fingerprint density at radius 2 is 1.78 bits per heavy atom. The summed E-state index contributed by atoms with van der Waals surface area (Å²) in [6.07, 6.45) is -4.31. The van der Waals surface area contributed by atoms with E-state index in [1.54, 1.807) is 30.3 Å². The third-order valence-corrected chi connectivity index (χ3v) is 9.84. The molecule has 2 rings (SSSR count). The number of benzene rings is 1. The molecule has 0 unspecified atom stereocenters. The van der Waals surface area contributed by atoms with Crippen LogP contribution < -0.4 is 5.32 Å². The van der Waals surface area contributed by atoms with Gasteiger partial charge in [-0.15, -0.1) is 0 Å². The van der Waals surface area contributed by atoms with Crippen molar-refractivity contribution in [3.8, 4) is 0 Å². The normalized spacial score (nSPS) is 26.4. The van der Waals surface area contributed by atoms with E-state index >= 15 is 0 Å². The number of hydrogen-bond acceptors (Lipinski definition) is 6. The Kier molecular flexibility index (Phi) is 6.46. The van der Waals surface area contributed by atoms with Crippen LogP contribution in [0, 0.1) is 0 Å². The van der Waals surface area contributed by atoms with Gasteiger partial charge in [0, 0.05) is 0 Å². The van der Waals surface area contributed by atoms with Gasteiger partial charge in [-0.05, 0) is 30.3 Å². The Labute approximate surface area is 160 Å². The van der Waals surface area contributed by atoms with E-state index in [9.17, 15) is 19.8 Å². The molecule has 1 amide bonds. The van der Waals surface area contributed by atoms with Crippen molar-refractivity contribution in [2.45, 2.75) is 63.3 Å². The third-order valence-electron chi connectivity index (χ3n) is 5.34. The van der Waals surface area contributed by atoms with Crippen molar-refractivity contribution in [2.24, 2.45) is 0 Å². The average Bonchev–Trinajstić information content (AvgIpc) is 2.60. The maximum absolute atomic E-state index is 12.4. The standard InChI is InChI=1S/C19H29NO6Si/c1-19(2,3)27(4,5)25-11-13-16(14(21)15(22)17(23)20-13)26-18(24)12-9-7-6-8-10-12/h6-10,13-16,21-22H,11H2,1-5H3,(H,20,23)/t13-,14-,15-,16+/m1/s1. The highest BCUT2D eigenvalue weighted by Crippen LogP contribution is 2.36. The summed E-state index contributed by atoms with van der Waals surface area (Å²) in [6.45, 7) is 10.5. The molecular formula is C19H29NO6Si. The Morgan fingerprint density at radius 3 is 2.33 bits per heavy atom. The second kappa shape index (κ2) is 8.10. The van der Waals surface area contributed by atoms with Crippen LogP contribution in [0.5, 0.6) is 0 Å². The maximum atomic E-state index is 12.4. The number of carbonyl (C=O) groups excluding carboxylic acids is 2. The summed E-state index contributed by atoms with van der Waals surface area (Å²) >= 11 is 0. The van der Waals surface area contributed by atoms with E-state index in [4.69, 9.17) is 9.16 Å². The molecule has 0 saturated carbocycles. The van der Waals surface area contributed by atoms with E-state index < -0.39 is 44.5 Å². The first-order valence-electron chi connectivity index (χ1n) is 9.00. The largest absolute Gasteiger partial charge is 0.454 e. The summed E-state index contributed by atoms with van der Waals surface area (Å²) in [6, 6.07) is 7.59. The van der Waals surface area contributed by atoms with Crippen molar-refractivity contribution < 1.29 is 29.0 Å². The van der Waals surface area contributed by atoms with Gasteiger partial charge >= 0.3 is 5.97 Å². The lowest BCUT2D eigenvalue weighted by Crippen LogP contribution is -2.65. The first-order valence-corrected chi connectivity index (χ1v) is 11.9. The second-order valence-electron chi connectivity index (χ2n) is 8.36. The van der Waals surface area contributed by atoms with Crippen LogP contribution in [0.4, 0.5) is 0 Å². The number of amides is 1. The molecule has 7 nitrogen and oxygen atoms in total. The molecule has 1 aromatic carbocycles. The summed E-state index contributed by atoms with van der Waals surface area (Å²) in [5.41, 5.74) is 0.320. The molecule has 150 valence electrons. The van der Waals surface area contributed by atoms with E-state index in [2.05, 4.69) is 39.2 Å². The van der Waals surface area contributed by atoms with E-state index in [1.807, 2.05) is 0 Å². The fourth-order valence-electron chi connectivity index (χ4n) is 2.49. The number of nitrogens with one attached hydrogen (secondary N) is 1. The highest BCUT2D eigenvalue weighted by atomic mass is 28.4. The predicted octanol–water partition coefficient (Wildman–Crippen LogP) is 1.45. The van der Waals surface area contributed by atoms with Gasteiger partial charge < -0.3 is 24.7 Å². The van der Waals surface area contributed by atoms with Gasteiger partial charge in [0.1, 0.15) is 6.10 Å². The van der Waals surface area contributed by atoms with Gasteiger partial charge in [0.2, 0.25) is 0 Å². The fourth-order valence-corrected chi connectivity index (χ4v) is 3.52. The van der Waals surface area contributed by atoms with E-state index in [0.717, 1.165) is 0 Å². The van der Waals surface area contributed by atoms with Crippen molar-refractivity contribution in [1.29, 1.82) is 0 Å². The molecular weight excluding hydrogens is 366 g/mol. The highest BCUT2D eigenvalue weighted by Gasteiger charge is 2.46. The summed E-state index contributed by atoms with van der Waals surface area (Å²) in [7, 11) is -2.12. The number of ether oxygens (including phenoxy) is 1. The first kappa shape index (κ1) is 21.6. The molecule has 1 fully saturated rings. The minimum atomic E-state index is -2.12. The smallest absolute Gasteiger partial charge is 0.338 e. The van der Waals surface area contributed by atoms with Crippen LogP contribution in [0.3, 0.4) is 0 Å². The van der Waals surface area contributed by atoms with Gasteiger partial charge in [-0.1, -0.05) is 39.0 Å². The topological polar surface area (TPSA) is 105 Å². The molecule has 0 bridgehead atoms. The van der Waals surface area contributed by atoms with E-state index in [0.29, 0.717) is 5.56 Å². The monoisotopic (exact) mass is 395 g/mol. The SMILES string of the molecule is CC(C)(C)[Si](C)(C)OC[C@H]1NC(=O)[C@H](O)[C@@H](O)[C@H]1OC(=O)c1ccccc1. The molecule has 1 aromatic rings. The predicted molar refractivity (Wildman–Crippen MR) is 103 cm³/mol. The van der Waals surface area contributed by atoms with Gasteiger partial charge in [-0.25, -0.2) is 4.79 Å². The van der Waals surface area contributed by atoms with Gasteiger partial charge in [0.25, 0.3) is 5.91 Å². The fraction of sp³-hybridized carbons (Fsp3) is 0.579. The van der Waals surface area contributed by atoms with Crippen molar-refractivity contribution in [2.75, 3.05) is 6.61 Å². The zero-order chi connectivity index (χ0) is 20.4. The molecule has 8 heteroatoms. The minimum absolute atomic E-state index is 0.0416. The van der Waals surface area contributed by atoms with Gasteiger partial charge in [-0.3, -0.25) is 4.79 Å². The van der Waals surface area contributed by atoms with Crippen molar-refractivity contribution in [1.82, 2.24) is 5.32 Å². The van der Waals surface area contributed by atoms with Crippen LogP contribution in [0.1, 0.15) is 31.1 Å². The maximum Gasteiger partial charge on any atom is 0.338 e. The number of piperidine rings is 1. The Hall–Kier alpha value is -1.74. The van der Waals surface area contributed by atoms with Gasteiger partial charge in [0.15, 0.2) is 20.5 Å². The number of aliphatic hydroxyl groups excluding tert-OH is 2. The van der Waals surface area contributed by atoms with E-state index in [1.165, 1.54) is 0 Å². The second-order valence-corrected chi connectivity index (χ2v) is 13.2. The number of carbonyl (C=O) groups is 2. The Bertz CT molecular complexity index is 673. The Balaban J connectivity index is 2.16. The molecule has 1 aliphatic heterocycles. The third kappa shape index (κ3) is 4.95. The lowest BCUT2D eigenvalue weighted by molar-refractivity contribution is -0.155. The molecule has 1 saturated heterocycles. The van der Waals surface area contributed by atoms with Crippen LogP contribution in [0.25, 0.3) is 0 Å².